The monoisotopic (exact) mass is 306 g/mol. The molecule has 1 atom stereocenters. The van der Waals surface area contributed by atoms with Gasteiger partial charge in [0.05, 0.1) is 6.61 Å². The molecule has 0 aliphatic heterocycles. The van der Waals surface area contributed by atoms with Crippen LogP contribution in [0.15, 0.2) is 24.3 Å². The fraction of sp³-hybridized carbons (Fsp3) is 0.632. The molecule has 0 aromatic heterocycles. The number of para-hydroxylation sites is 1. The Hall–Kier alpha value is -1.51. The smallest absolute Gasteiger partial charge is 0.347 e. The highest BCUT2D eigenvalue weighted by Gasteiger charge is 2.20. The molecule has 1 aromatic carbocycles. The van der Waals surface area contributed by atoms with Gasteiger partial charge in [-0.2, -0.15) is 0 Å². The quantitative estimate of drug-likeness (QED) is 0.455. The third-order valence-electron chi connectivity index (χ3n) is 3.67. The summed E-state index contributed by atoms with van der Waals surface area (Å²) in [6.07, 6.45) is 4.58. The molecule has 0 saturated carbocycles. The van der Waals surface area contributed by atoms with Crippen LogP contribution in [0.25, 0.3) is 0 Å². The molecule has 1 aromatic rings. The van der Waals surface area contributed by atoms with Crippen LogP contribution in [0.5, 0.6) is 5.75 Å². The SMILES string of the molecule is CCC(Oc1ccccc1C)C(=O)OCCCCCC(C)C. The summed E-state index contributed by atoms with van der Waals surface area (Å²) in [7, 11) is 0. The normalized spacial score (nSPS) is 12.2. The van der Waals surface area contributed by atoms with Gasteiger partial charge in [0.1, 0.15) is 5.75 Å². The molecule has 3 nitrogen and oxygen atoms in total. The number of unbranched alkanes of at least 4 members (excludes halogenated alkanes) is 2. The van der Waals surface area contributed by atoms with Crippen LogP contribution in [-0.2, 0) is 9.53 Å². The van der Waals surface area contributed by atoms with Crippen molar-refractivity contribution in [2.45, 2.75) is 65.9 Å². The van der Waals surface area contributed by atoms with E-state index in [1.54, 1.807) is 0 Å². The van der Waals surface area contributed by atoms with Crippen LogP contribution in [0.1, 0.15) is 58.4 Å². The molecule has 22 heavy (non-hydrogen) atoms. The van der Waals surface area contributed by atoms with Crippen LogP contribution in [0.4, 0.5) is 0 Å². The van der Waals surface area contributed by atoms with Gasteiger partial charge in [0.2, 0.25) is 0 Å². The zero-order chi connectivity index (χ0) is 16.4. The van der Waals surface area contributed by atoms with Crippen LogP contribution in [0.3, 0.4) is 0 Å². The Morgan fingerprint density at radius 2 is 1.86 bits per heavy atom. The average molecular weight is 306 g/mol. The Morgan fingerprint density at radius 1 is 1.14 bits per heavy atom. The maximum atomic E-state index is 12.1. The molecule has 0 fully saturated rings. The van der Waals surface area contributed by atoms with Gasteiger partial charge in [-0.25, -0.2) is 4.79 Å². The first-order valence-electron chi connectivity index (χ1n) is 8.43. The topological polar surface area (TPSA) is 35.5 Å². The van der Waals surface area contributed by atoms with E-state index < -0.39 is 6.10 Å². The maximum Gasteiger partial charge on any atom is 0.347 e. The van der Waals surface area contributed by atoms with Gasteiger partial charge >= 0.3 is 5.97 Å². The largest absolute Gasteiger partial charge is 0.478 e. The number of ether oxygens (including phenoxy) is 2. The van der Waals surface area contributed by atoms with Crippen molar-refractivity contribution in [3.63, 3.8) is 0 Å². The van der Waals surface area contributed by atoms with Gasteiger partial charge in [0.15, 0.2) is 6.10 Å². The number of carbonyl (C=O) groups excluding carboxylic acids is 1. The molecule has 0 saturated heterocycles. The zero-order valence-corrected chi connectivity index (χ0v) is 14.4. The molecule has 0 amide bonds. The Balaban J connectivity index is 2.31. The van der Waals surface area contributed by atoms with E-state index in [1.165, 1.54) is 12.8 Å². The summed E-state index contributed by atoms with van der Waals surface area (Å²) in [4.78, 5) is 12.1. The Labute approximate surface area is 135 Å². The van der Waals surface area contributed by atoms with Gasteiger partial charge in [-0.1, -0.05) is 58.2 Å². The summed E-state index contributed by atoms with van der Waals surface area (Å²) in [5, 5.41) is 0. The first-order chi connectivity index (χ1) is 10.5. The van der Waals surface area contributed by atoms with Gasteiger partial charge in [0.25, 0.3) is 0 Å². The molecule has 0 aliphatic carbocycles. The van der Waals surface area contributed by atoms with Crippen molar-refractivity contribution in [2.75, 3.05) is 6.61 Å². The van der Waals surface area contributed by atoms with Crippen LogP contribution in [0.2, 0.25) is 0 Å². The van der Waals surface area contributed by atoms with Gasteiger partial charge in [0, 0.05) is 0 Å². The molecule has 0 bridgehead atoms. The molecular formula is C19H30O3. The van der Waals surface area contributed by atoms with E-state index in [2.05, 4.69) is 13.8 Å². The second-order valence-corrected chi connectivity index (χ2v) is 6.19. The first kappa shape index (κ1) is 18.5. The minimum absolute atomic E-state index is 0.255. The lowest BCUT2D eigenvalue weighted by Crippen LogP contribution is -2.29. The van der Waals surface area contributed by atoms with E-state index in [4.69, 9.17) is 9.47 Å². The molecular weight excluding hydrogens is 276 g/mol. The molecule has 0 aliphatic rings. The molecule has 0 radical (unpaired) electrons. The predicted molar refractivity (Wildman–Crippen MR) is 90.2 cm³/mol. The summed E-state index contributed by atoms with van der Waals surface area (Å²) < 4.78 is 11.1. The molecule has 1 rings (SSSR count). The number of aryl methyl sites for hydroxylation is 1. The summed E-state index contributed by atoms with van der Waals surface area (Å²) in [5.41, 5.74) is 1.03. The van der Waals surface area contributed by atoms with Crippen LogP contribution in [0, 0.1) is 12.8 Å². The van der Waals surface area contributed by atoms with Crippen molar-refractivity contribution in [2.24, 2.45) is 5.92 Å². The predicted octanol–water partition coefficient (Wildman–Crippen LogP) is 4.91. The summed E-state index contributed by atoms with van der Waals surface area (Å²) in [6.45, 7) is 8.86. The van der Waals surface area contributed by atoms with Gasteiger partial charge in [-0.05, 0) is 37.3 Å². The van der Waals surface area contributed by atoms with E-state index in [0.29, 0.717) is 13.0 Å². The van der Waals surface area contributed by atoms with Crippen molar-refractivity contribution < 1.29 is 14.3 Å². The van der Waals surface area contributed by atoms with E-state index >= 15 is 0 Å². The number of hydrogen-bond acceptors (Lipinski definition) is 3. The van der Waals surface area contributed by atoms with E-state index in [0.717, 1.165) is 30.1 Å². The molecule has 0 spiro atoms. The first-order valence-corrected chi connectivity index (χ1v) is 8.43. The van der Waals surface area contributed by atoms with Gasteiger partial charge < -0.3 is 9.47 Å². The molecule has 124 valence electrons. The fourth-order valence-electron chi connectivity index (χ4n) is 2.24. The minimum Gasteiger partial charge on any atom is -0.478 e. The Kier molecular flexibility index (Phi) is 8.64. The number of carbonyl (C=O) groups is 1. The van der Waals surface area contributed by atoms with E-state index in [9.17, 15) is 4.79 Å². The number of esters is 1. The fourth-order valence-corrected chi connectivity index (χ4v) is 2.24. The lowest BCUT2D eigenvalue weighted by atomic mass is 10.1. The van der Waals surface area contributed by atoms with Crippen molar-refractivity contribution >= 4 is 5.97 Å². The van der Waals surface area contributed by atoms with Crippen LogP contribution < -0.4 is 4.74 Å². The Bertz CT molecular complexity index is 440. The highest BCUT2D eigenvalue weighted by molar-refractivity contribution is 5.75. The third-order valence-corrected chi connectivity index (χ3v) is 3.67. The Morgan fingerprint density at radius 3 is 2.50 bits per heavy atom. The summed E-state index contributed by atoms with van der Waals surface area (Å²) in [6, 6.07) is 7.73. The number of rotatable bonds is 10. The molecule has 1 unspecified atom stereocenters. The lowest BCUT2D eigenvalue weighted by Gasteiger charge is -2.17. The minimum atomic E-state index is -0.517. The molecule has 3 heteroatoms. The lowest BCUT2D eigenvalue weighted by molar-refractivity contribution is -0.152. The van der Waals surface area contributed by atoms with Crippen molar-refractivity contribution in [3.8, 4) is 5.75 Å². The summed E-state index contributed by atoms with van der Waals surface area (Å²) >= 11 is 0. The summed E-state index contributed by atoms with van der Waals surface area (Å²) in [5.74, 6) is 1.24. The van der Waals surface area contributed by atoms with Crippen LogP contribution in [-0.4, -0.2) is 18.7 Å². The van der Waals surface area contributed by atoms with Crippen molar-refractivity contribution in [1.82, 2.24) is 0 Å². The van der Waals surface area contributed by atoms with E-state index in [-0.39, 0.29) is 5.97 Å². The highest BCUT2D eigenvalue weighted by Crippen LogP contribution is 2.19. The van der Waals surface area contributed by atoms with E-state index in [1.807, 2.05) is 38.1 Å². The highest BCUT2D eigenvalue weighted by atomic mass is 16.6. The van der Waals surface area contributed by atoms with Crippen molar-refractivity contribution in [1.29, 1.82) is 0 Å². The van der Waals surface area contributed by atoms with Gasteiger partial charge in [-0.15, -0.1) is 0 Å². The number of hydrogen-bond donors (Lipinski definition) is 0. The second-order valence-electron chi connectivity index (χ2n) is 6.19. The van der Waals surface area contributed by atoms with Crippen molar-refractivity contribution in [3.05, 3.63) is 29.8 Å². The average Bonchev–Trinajstić information content (AvgIpc) is 2.49. The standard InChI is InChI=1S/C19H30O3/c1-5-17(22-18-13-9-8-12-16(18)4)19(20)21-14-10-6-7-11-15(2)3/h8-9,12-13,15,17H,5-7,10-11,14H2,1-4H3. The molecule has 0 heterocycles. The maximum absolute atomic E-state index is 12.1. The van der Waals surface area contributed by atoms with Crippen LogP contribution >= 0.6 is 0 Å². The number of benzene rings is 1. The second kappa shape index (κ2) is 10.3. The zero-order valence-electron chi connectivity index (χ0n) is 14.4. The third kappa shape index (κ3) is 6.97. The molecule has 0 N–H and O–H groups in total. The van der Waals surface area contributed by atoms with Gasteiger partial charge in [-0.3, -0.25) is 0 Å².